The lowest BCUT2D eigenvalue weighted by atomic mass is 10.1. The summed E-state index contributed by atoms with van der Waals surface area (Å²) in [5.74, 6) is -0.963. The molecule has 0 saturated heterocycles. The highest BCUT2D eigenvalue weighted by Gasteiger charge is 2.08. The van der Waals surface area contributed by atoms with Crippen LogP contribution >= 0.6 is 0 Å². The van der Waals surface area contributed by atoms with Crippen LogP contribution in [0, 0.1) is 0 Å². The molecular formula is C8H13NO2. The number of nitrogens with zero attached hydrogens (tertiary/aromatic N) is 1. The molecule has 11 heavy (non-hydrogen) atoms. The summed E-state index contributed by atoms with van der Waals surface area (Å²) in [6, 6.07) is 0. The normalized spacial score (nSPS) is 13.4. The number of rotatable bonds is 3. The number of carbonyl (C=O) groups is 1. The van der Waals surface area contributed by atoms with Gasteiger partial charge in [-0.1, -0.05) is 13.0 Å². The van der Waals surface area contributed by atoms with E-state index in [0.29, 0.717) is 0 Å². The third-order valence-corrected chi connectivity index (χ3v) is 1.31. The molecule has 3 heteroatoms. The standard InChI is InChI=1S/C8H13NO2/c1-4-5-6(2)7(9-3)8(10)11/h5H,4H2,1-3H3,(H,10,11)/b6-5-,9-7?. The van der Waals surface area contributed by atoms with E-state index in [1.807, 2.05) is 13.0 Å². The van der Waals surface area contributed by atoms with Crippen LogP contribution in [0.3, 0.4) is 0 Å². The molecule has 1 N–H and O–H groups in total. The summed E-state index contributed by atoms with van der Waals surface area (Å²) >= 11 is 0. The molecule has 0 heterocycles. The molecule has 0 rings (SSSR count). The van der Waals surface area contributed by atoms with Crippen LogP contribution in [0.25, 0.3) is 0 Å². The van der Waals surface area contributed by atoms with Crippen LogP contribution in [0.5, 0.6) is 0 Å². The Balaban J connectivity index is 4.54. The Morgan fingerprint density at radius 1 is 1.64 bits per heavy atom. The lowest BCUT2D eigenvalue weighted by Gasteiger charge is -1.98. The first-order valence-electron chi connectivity index (χ1n) is 3.50. The number of hydrogen-bond acceptors (Lipinski definition) is 2. The molecule has 62 valence electrons. The molecule has 0 spiro atoms. The maximum absolute atomic E-state index is 10.5. The van der Waals surface area contributed by atoms with Crippen LogP contribution < -0.4 is 0 Å². The van der Waals surface area contributed by atoms with E-state index in [9.17, 15) is 4.79 Å². The molecule has 0 aliphatic rings. The second-order valence-corrected chi connectivity index (χ2v) is 2.17. The average Bonchev–Trinajstić information content (AvgIpc) is 1.88. The fourth-order valence-corrected chi connectivity index (χ4v) is 0.844. The van der Waals surface area contributed by atoms with Gasteiger partial charge in [0, 0.05) is 7.05 Å². The number of aliphatic carboxylic acids is 1. The molecule has 0 saturated carbocycles. The molecule has 0 aromatic carbocycles. The minimum Gasteiger partial charge on any atom is -0.477 e. The fraction of sp³-hybridized carbons (Fsp3) is 0.500. The second kappa shape index (κ2) is 4.66. The summed E-state index contributed by atoms with van der Waals surface area (Å²) < 4.78 is 0. The maximum atomic E-state index is 10.5. The molecule has 0 aromatic heterocycles. The summed E-state index contributed by atoms with van der Waals surface area (Å²) in [4.78, 5) is 14.1. The number of carboxylic acids is 1. The van der Waals surface area contributed by atoms with Crippen molar-refractivity contribution in [3.8, 4) is 0 Å². The van der Waals surface area contributed by atoms with Crippen LogP contribution in [0.2, 0.25) is 0 Å². The largest absolute Gasteiger partial charge is 0.477 e. The maximum Gasteiger partial charge on any atom is 0.354 e. The molecule has 0 aliphatic heterocycles. The minimum absolute atomic E-state index is 0.145. The monoisotopic (exact) mass is 155 g/mol. The number of carboxylic acid groups (broad SMARTS) is 1. The molecule has 0 unspecified atom stereocenters. The third kappa shape index (κ3) is 2.98. The van der Waals surface area contributed by atoms with Crippen molar-refractivity contribution in [2.45, 2.75) is 20.3 Å². The van der Waals surface area contributed by atoms with Crippen LogP contribution in [-0.4, -0.2) is 23.8 Å². The van der Waals surface area contributed by atoms with Crippen LogP contribution in [-0.2, 0) is 4.79 Å². The first-order chi connectivity index (χ1) is 5.13. The Hall–Kier alpha value is -1.12. The summed E-state index contributed by atoms with van der Waals surface area (Å²) in [5.41, 5.74) is 0.870. The van der Waals surface area contributed by atoms with Crippen molar-refractivity contribution in [3.05, 3.63) is 11.6 Å². The van der Waals surface area contributed by atoms with E-state index in [0.717, 1.165) is 12.0 Å². The van der Waals surface area contributed by atoms with Gasteiger partial charge in [-0.2, -0.15) is 0 Å². The van der Waals surface area contributed by atoms with Crippen molar-refractivity contribution >= 4 is 11.7 Å². The predicted molar refractivity (Wildman–Crippen MR) is 45.0 cm³/mol. The van der Waals surface area contributed by atoms with E-state index >= 15 is 0 Å². The van der Waals surface area contributed by atoms with Crippen molar-refractivity contribution in [1.29, 1.82) is 0 Å². The van der Waals surface area contributed by atoms with E-state index in [4.69, 9.17) is 5.11 Å². The van der Waals surface area contributed by atoms with Gasteiger partial charge in [0.1, 0.15) is 5.71 Å². The van der Waals surface area contributed by atoms with Gasteiger partial charge < -0.3 is 5.11 Å². The Morgan fingerprint density at radius 2 is 2.18 bits per heavy atom. The second-order valence-electron chi connectivity index (χ2n) is 2.17. The molecule has 0 bridgehead atoms. The Bertz CT molecular complexity index is 204. The first-order valence-corrected chi connectivity index (χ1v) is 3.50. The summed E-state index contributed by atoms with van der Waals surface area (Å²) in [7, 11) is 1.48. The van der Waals surface area contributed by atoms with Gasteiger partial charge >= 0.3 is 5.97 Å². The van der Waals surface area contributed by atoms with E-state index in [2.05, 4.69) is 4.99 Å². The highest BCUT2D eigenvalue weighted by molar-refractivity contribution is 6.42. The number of aliphatic imine (C=N–C) groups is 1. The van der Waals surface area contributed by atoms with Gasteiger partial charge in [0.2, 0.25) is 0 Å². The zero-order valence-corrected chi connectivity index (χ0v) is 7.09. The quantitative estimate of drug-likeness (QED) is 0.628. The first kappa shape index (κ1) is 9.88. The Labute approximate surface area is 66.5 Å². The zero-order chi connectivity index (χ0) is 8.85. The van der Waals surface area contributed by atoms with Crippen LogP contribution in [0.15, 0.2) is 16.6 Å². The summed E-state index contributed by atoms with van der Waals surface area (Å²) in [6.07, 6.45) is 2.68. The molecule has 0 radical (unpaired) electrons. The third-order valence-electron chi connectivity index (χ3n) is 1.31. The van der Waals surface area contributed by atoms with Crippen molar-refractivity contribution in [1.82, 2.24) is 0 Å². The molecular weight excluding hydrogens is 142 g/mol. The van der Waals surface area contributed by atoms with Crippen LogP contribution in [0.1, 0.15) is 20.3 Å². The van der Waals surface area contributed by atoms with Gasteiger partial charge in [0.05, 0.1) is 0 Å². The molecule has 3 nitrogen and oxygen atoms in total. The molecule has 0 fully saturated rings. The predicted octanol–water partition coefficient (Wildman–Crippen LogP) is 1.50. The van der Waals surface area contributed by atoms with E-state index in [1.54, 1.807) is 6.92 Å². The van der Waals surface area contributed by atoms with E-state index in [-0.39, 0.29) is 5.71 Å². The minimum atomic E-state index is -0.963. The lowest BCUT2D eigenvalue weighted by Crippen LogP contribution is -2.13. The van der Waals surface area contributed by atoms with Crippen molar-refractivity contribution in [3.63, 3.8) is 0 Å². The molecule has 0 atom stereocenters. The van der Waals surface area contributed by atoms with E-state index < -0.39 is 5.97 Å². The highest BCUT2D eigenvalue weighted by Crippen LogP contribution is 1.98. The van der Waals surface area contributed by atoms with Gasteiger partial charge in [-0.05, 0) is 18.9 Å². The molecule has 0 aromatic rings. The topological polar surface area (TPSA) is 49.7 Å². The van der Waals surface area contributed by atoms with Crippen molar-refractivity contribution in [2.24, 2.45) is 4.99 Å². The summed E-state index contributed by atoms with van der Waals surface area (Å²) in [6.45, 7) is 3.71. The van der Waals surface area contributed by atoms with Gasteiger partial charge in [-0.25, -0.2) is 4.79 Å². The van der Waals surface area contributed by atoms with Gasteiger partial charge in [-0.15, -0.1) is 0 Å². The Kier molecular flexibility index (Phi) is 4.18. The van der Waals surface area contributed by atoms with E-state index in [1.165, 1.54) is 7.05 Å². The van der Waals surface area contributed by atoms with Crippen molar-refractivity contribution < 1.29 is 9.90 Å². The van der Waals surface area contributed by atoms with Gasteiger partial charge in [0.15, 0.2) is 0 Å². The SMILES string of the molecule is CC/C=C(/C)C(=NC)C(=O)O. The highest BCUT2D eigenvalue weighted by atomic mass is 16.4. The van der Waals surface area contributed by atoms with Gasteiger partial charge in [0.25, 0.3) is 0 Å². The fourth-order valence-electron chi connectivity index (χ4n) is 0.844. The average molecular weight is 155 g/mol. The van der Waals surface area contributed by atoms with Crippen LogP contribution in [0.4, 0.5) is 0 Å². The van der Waals surface area contributed by atoms with Gasteiger partial charge in [-0.3, -0.25) is 4.99 Å². The number of allylic oxidation sites excluding steroid dienone is 1. The Morgan fingerprint density at radius 3 is 2.45 bits per heavy atom. The lowest BCUT2D eigenvalue weighted by molar-refractivity contribution is -0.129. The molecule has 0 amide bonds. The zero-order valence-electron chi connectivity index (χ0n) is 7.09. The van der Waals surface area contributed by atoms with Crippen molar-refractivity contribution in [2.75, 3.05) is 7.05 Å². The number of hydrogen-bond donors (Lipinski definition) is 1. The molecule has 0 aliphatic carbocycles. The summed E-state index contributed by atoms with van der Waals surface area (Å²) in [5, 5.41) is 8.60. The smallest absolute Gasteiger partial charge is 0.354 e.